The zero-order valence-electron chi connectivity index (χ0n) is 25.4. The quantitative estimate of drug-likeness (QED) is 0.322. The van der Waals surface area contributed by atoms with E-state index in [1.807, 2.05) is 20.8 Å². The van der Waals surface area contributed by atoms with E-state index in [0.717, 1.165) is 64.2 Å². The Bertz CT molecular complexity index is 1450. The lowest BCUT2D eigenvalue weighted by Gasteiger charge is -2.41. The largest absolute Gasteiger partial charge is 0.459 e. The molecule has 41 heavy (non-hydrogen) atoms. The van der Waals surface area contributed by atoms with Gasteiger partial charge in [-0.25, -0.2) is 4.79 Å². The number of hydrogen-bond donors (Lipinski definition) is 0. The lowest BCUT2D eigenvalue weighted by atomic mass is 9.79. The molecule has 0 atom stereocenters. The number of rotatable bonds is 6. The second-order valence-corrected chi connectivity index (χ2v) is 12.8. The van der Waals surface area contributed by atoms with Crippen molar-refractivity contribution in [3.05, 3.63) is 64.4 Å². The van der Waals surface area contributed by atoms with Gasteiger partial charge in [0.2, 0.25) is 0 Å². The number of nitriles is 1. The van der Waals surface area contributed by atoms with Gasteiger partial charge in [-0.1, -0.05) is 19.1 Å². The van der Waals surface area contributed by atoms with Crippen LogP contribution < -0.4 is 4.90 Å². The van der Waals surface area contributed by atoms with Crippen LogP contribution in [-0.2, 0) is 21.3 Å². The van der Waals surface area contributed by atoms with Crippen LogP contribution in [0.1, 0.15) is 87.2 Å². The number of morpholine rings is 1. The number of aryl methyl sites for hydroxylation is 1. The van der Waals surface area contributed by atoms with Crippen molar-refractivity contribution >= 4 is 22.6 Å². The van der Waals surface area contributed by atoms with Gasteiger partial charge < -0.3 is 18.8 Å². The van der Waals surface area contributed by atoms with E-state index in [2.05, 4.69) is 54.8 Å². The molecule has 2 saturated heterocycles. The van der Waals surface area contributed by atoms with Crippen molar-refractivity contribution in [3.8, 4) is 6.07 Å². The second kappa shape index (κ2) is 11.5. The Kier molecular flexibility index (Phi) is 8.18. The fraction of sp³-hybridized carbons (Fsp3) is 0.529. The second-order valence-electron chi connectivity index (χ2n) is 12.8. The summed E-state index contributed by atoms with van der Waals surface area (Å²) in [5.74, 6) is 0.137. The molecule has 0 N–H and O–H groups in total. The minimum atomic E-state index is -0.655. The number of ether oxygens (including phenoxy) is 2. The Hall–Kier alpha value is -3.34. The zero-order valence-corrected chi connectivity index (χ0v) is 25.4. The molecule has 0 unspecified atom stereocenters. The molecule has 2 aliphatic rings. The van der Waals surface area contributed by atoms with E-state index in [-0.39, 0.29) is 0 Å². The summed E-state index contributed by atoms with van der Waals surface area (Å²) in [6, 6.07) is 14.7. The molecule has 2 aromatic carbocycles. The first-order valence-corrected chi connectivity index (χ1v) is 14.9. The highest BCUT2D eigenvalue weighted by Crippen LogP contribution is 2.42. The van der Waals surface area contributed by atoms with Crippen LogP contribution in [-0.4, -0.2) is 61.9 Å². The summed E-state index contributed by atoms with van der Waals surface area (Å²) in [6.45, 7) is 17.8. The van der Waals surface area contributed by atoms with Crippen LogP contribution in [0.5, 0.6) is 0 Å². The predicted octanol–water partition coefficient (Wildman–Crippen LogP) is 6.45. The van der Waals surface area contributed by atoms with Gasteiger partial charge in [0, 0.05) is 48.7 Å². The van der Waals surface area contributed by atoms with E-state index in [0.29, 0.717) is 33.9 Å². The molecule has 3 aromatic rings. The molecule has 0 radical (unpaired) electrons. The van der Waals surface area contributed by atoms with E-state index in [1.54, 1.807) is 18.2 Å². The van der Waals surface area contributed by atoms with Gasteiger partial charge in [0.1, 0.15) is 22.5 Å². The SMILES string of the molecule is CCc1ccc(C(C)(C)c2oc3cc(C#N)ccc3c2C(=O)OC(C)(C)C)cc1N1CCC(N2CCOCC2)CC1. The first-order chi connectivity index (χ1) is 19.5. The lowest BCUT2D eigenvalue weighted by Crippen LogP contribution is -2.49. The molecular formula is C34H43N3O4. The minimum Gasteiger partial charge on any atom is -0.459 e. The van der Waals surface area contributed by atoms with E-state index in [9.17, 15) is 10.1 Å². The summed E-state index contributed by atoms with van der Waals surface area (Å²) in [5, 5.41) is 10.1. The van der Waals surface area contributed by atoms with Gasteiger partial charge in [-0.15, -0.1) is 0 Å². The van der Waals surface area contributed by atoms with Crippen molar-refractivity contribution < 1.29 is 18.7 Å². The average Bonchev–Trinajstić information content (AvgIpc) is 3.36. The van der Waals surface area contributed by atoms with Gasteiger partial charge in [0.15, 0.2) is 0 Å². The summed E-state index contributed by atoms with van der Waals surface area (Å²) >= 11 is 0. The molecule has 7 nitrogen and oxygen atoms in total. The van der Waals surface area contributed by atoms with Gasteiger partial charge in [-0.05, 0) is 89.3 Å². The fourth-order valence-corrected chi connectivity index (χ4v) is 6.23. The van der Waals surface area contributed by atoms with E-state index < -0.39 is 17.0 Å². The molecule has 0 bridgehead atoms. The summed E-state index contributed by atoms with van der Waals surface area (Å²) in [7, 11) is 0. The normalized spacial score (nSPS) is 17.5. The number of carbonyl (C=O) groups excluding carboxylic acids is 1. The van der Waals surface area contributed by atoms with Crippen molar-refractivity contribution in [1.29, 1.82) is 5.26 Å². The number of fused-ring (bicyclic) bond motifs is 1. The van der Waals surface area contributed by atoms with E-state index in [1.165, 1.54) is 11.3 Å². The Balaban J connectivity index is 1.51. The van der Waals surface area contributed by atoms with Crippen molar-refractivity contribution in [2.45, 2.75) is 77.9 Å². The number of benzene rings is 2. The smallest absolute Gasteiger partial charge is 0.342 e. The summed E-state index contributed by atoms with van der Waals surface area (Å²) in [5.41, 5.74) is 3.81. The maximum Gasteiger partial charge on any atom is 0.342 e. The number of anilines is 1. The van der Waals surface area contributed by atoms with E-state index >= 15 is 0 Å². The van der Waals surface area contributed by atoms with Gasteiger partial charge in [0.05, 0.1) is 24.8 Å². The molecule has 218 valence electrons. The average molecular weight is 558 g/mol. The van der Waals surface area contributed by atoms with Gasteiger partial charge >= 0.3 is 5.97 Å². The van der Waals surface area contributed by atoms with Crippen LogP contribution in [0, 0.1) is 11.3 Å². The van der Waals surface area contributed by atoms with E-state index in [4.69, 9.17) is 13.9 Å². The number of furan rings is 1. The van der Waals surface area contributed by atoms with Gasteiger partial charge in [-0.2, -0.15) is 5.26 Å². The summed E-state index contributed by atoms with van der Waals surface area (Å²) in [6.07, 6.45) is 3.24. The maximum absolute atomic E-state index is 13.6. The molecule has 0 saturated carbocycles. The molecule has 0 amide bonds. The lowest BCUT2D eigenvalue weighted by molar-refractivity contribution is 0.00677. The number of esters is 1. The molecule has 5 rings (SSSR count). The van der Waals surface area contributed by atoms with Gasteiger partial charge in [0.25, 0.3) is 0 Å². The highest BCUT2D eigenvalue weighted by atomic mass is 16.6. The predicted molar refractivity (Wildman–Crippen MR) is 162 cm³/mol. The van der Waals surface area contributed by atoms with Crippen molar-refractivity contribution in [2.24, 2.45) is 0 Å². The first kappa shape index (κ1) is 29.2. The number of piperidine rings is 1. The molecular weight excluding hydrogens is 514 g/mol. The Labute approximate surface area is 244 Å². The Morgan fingerprint density at radius 1 is 1.02 bits per heavy atom. The third-order valence-corrected chi connectivity index (χ3v) is 8.54. The fourth-order valence-electron chi connectivity index (χ4n) is 6.23. The van der Waals surface area contributed by atoms with Crippen LogP contribution in [0.3, 0.4) is 0 Å². The highest BCUT2D eigenvalue weighted by molar-refractivity contribution is 6.05. The summed E-state index contributed by atoms with van der Waals surface area (Å²) in [4.78, 5) is 18.7. The molecule has 1 aromatic heterocycles. The monoisotopic (exact) mass is 557 g/mol. The first-order valence-electron chi connectivity index (χ1n) is 14.9. The number of carbonyl (C=O) groups is 1. The van der Waals surface area contributed by atoms with Crippen LogP contribution in [0.25, 0.3) is 11.0 Å². The minimum absolute atomic E-state index is 0.417. The van der Waals surface area contributed by atoms with Crippen LogP contribution in [0.4, 0.5) is 5.69 Å². The molecule has 0 aliphatic carbocycles. The van der Waals surface area contributed by atoms with Gasteiger partial charge in [-0.3, -0.25) is 4.90 Å². The van der Waals surface area contributed by atoms with Crippen LogP contribution in [0.15, 0.2) is 40.8 Å². The van der Waals surface area contributed by atoms with Crippen LogP contribution >= 0.6 is 0 Å². The molecule has 7 heteroatoms. The zero-order chi connectivity index (χ0) is 29.4. The third-order valence-electron chi connectivity index (χ3n) is 8.54. The number of nitrogens with zero attached hydrogens (tertiary/aromatic N) is 3. The third kappa shape index (κ3) is 6.00. The topological polar surface area (TPSA) is 78.9 Å². The Morgan fingerprint density at radius 2 is 1.73 bits per heavy atom. The summed E-state index contributed by atoms with van der Waals surface area (Å²) < 4.78 is 17.9. The Morgan fingerprint density at radius 3 is 2.37 bits per heavy atom. The van der Waals surface area contributed by atoms with Crippen molar-refractivity contribution in [2.75, 3.05) is 44.3 Å². The maximum atomic E-state index is 13.6. The molecule has 3 heterocycles. The standard InChI is InChI=1S/C34H43N3O4/c1-7-24-9-10-25(21-28(24)37-14-12-26(13-15-37)36-16-18-39-19-17-36)34(5,6)31-30(32(38)41-33(2,3)4)27-11-8-23(22-35)20-29(27)40-31/h8-11,20-21,26H,7,12-19H2,1-6H3. The van der Waals surface area contributed by atoms with Crippen molar-refractivity contribution in [3.63, 3.8) is 0 Å². The molecule has 0 spiro atoms. The van der Waals surface area contributed by atoms with Crippen LogP contribution in [0.2, 0.25) is 0 Å². The van der Waals surface area contributed by atoms with Crippen molar-refractivity contribution in [1.82, 2.24) is 4.90 Å². The highest BCUT2D eigenvalue weighted by Gasteiger charge is 2.37. The molecule has 2 aliphatic heterocycles. The number of hydrogen-bond acceptors (Lipinski definition) is 7. The molecule has 2 fully saturated rings.